The predicted molar refractivity (Wildman–Crippen MR) is 140 cm³/mol. The maximum atomic E-state index is 12.6. The predicted octanol–water partition coefficient (Wildman–Crippen LogP) is 3.11. The van der Waals surface area contributed by atoms with E-state index in [9.17, 15) is 9.59 Å². The van der Waals surface area contributed by atoms with Gasteiger partial charge >= 0.3 is 0 Å². The Kier molecular flexibility index (Phi) is 8.57. The SMILES string of the molecule is CC(N)c1cccc(NC(=O)c2ccoc2CN2CCOCC2)c1.NC(=O)c1cccc2cncnc12. The molecule has 10 heteroatoms. The Balaban J connectivity index is 0.000000207. The molecule has 1 atom stereocenters. The second-order valence-corrected chi connectivity index (χ2v) is 8.64. The summed E-state index contributed by atoms with van der Waals surface area (Å²) in [7, 11) is 0. The van der Waals surface area contributed by atoms with Gasteiger partial charge in [0, 0.05) is 36.4 Å². The van der Waals surface area contributed by atoms with Gasteiger partial charge in [-0.3, -0.25) is 14.5 Å². The number of fused-ring (bicyclic) bond motifs is 1. The third-order valence-electron chi connectivity index (χ3n) is 5.93. The molecule has 1 aliphatic heterocycles. The number of amides is 2. The van der Waals surface area contributed by atoms with Crippen LogP contribution in [0.4, 0.5) is 5.69 Å². The van der Waals surface area contributed by atoms with E-state index in [1.807, 2.05) is 37.3 Å². The zero-order chi connectivity index (χ0) is 26.2. The molecule has 1 saturated heterocycles. The molecule has 2 aromatic carbocycles. The van der Waals surface area contributed by atoms with Gasteiger partial charge in [-0.2, -0.15) is 0 Å². The van der Waals surface area contributed by atoms with Gasteiger partial charge in [0.15, 0.2) is 0 Å². The molecule has 5 rings (SSSR count). The fourth-order valence-electron chi connectivity index (χ4n) is 3.94. The highest BCUT2D eigenvalue weighted by molar-refractivity contribution is 6.05. The lowest BCUT2D eigenvalue weighted by atomic mass is 10.1. The summed E-state index contributed by atoms with van der Waals surface area (Å²) in [5.74, 6) is 0.0379. The van der Waals surface area contributed by atoms with Crippen LogP contribution in [0, 0.1) is 0 Å². The van der Waals surface area contributed by atoms with E-state index in [-0.39, 0.29) is 11.9 Å². The number of para-hydroxylation sites is 1. The van der Waals surface area contributed by atoms with Gasteiger partial charge in [-0.25, -0.2) is 9.97 Å². The number of hydrogen-bond acceptors (Lipinski definition) is 8. The molecule has 1 unspecified atom stereocenters. The first kappa shape index (κ1) is 26.0. The van der Waals surface area contributed by atoms with Crippen LogP contribution in [0.2, 0.25) is 0 Å². The van der Waals surface area contributed by atoms with Gasteiger partial charge in [-0.15, -0.1) is 0 Å². The Morgan fingerprint density at radius 3 is 2.65 bits per heavy atom. The van der Waals surface area contributed by atoms with Crippen molar-refractivity contribution >= 4 is 28.4 Å². The topological polar surface area (TPSA) is 150 Å². The third-order valence-corrected chi connectivity index (χ3v) is 5.93. The Morgan fingerprint density at radius 1 is 1.11 bits per heavy atom. The molecule has 0 spiro atoms. The first-order chi connectivity index (χ1) is 17.9. The van der Waals surface area contributed by atoms with Crippen LogP contribution in [0.25, 0.3) is 10.9 Å². The van der Waals surface area contributed by atoms with Crippen LogP contribution in [-0.2, 0) is 11.3 Å². The highest BCUT2D eigenvalue weighted by atomic mass is 16.5. The van der Waals surface area contributed by atoms with E-state index in [0.29, 0.717) is 42.2 Å². The van der Waals surface area contributed by atoms with Crippen LogP contribution < -0.4 is 16.8 Å². The number of morpholine rings is 1. The summed E-state index contributed by atoms with van der Waals surface area (Å²) in [6, 6.07) is 14.5. The van der Waals surface area contributed by atoms with E-state index in [2.05, 4.69) is 20.2 Å². The molecule has 1 aliphatic rings. The number of rotatable bonds is 6. The van der Waals surface area contributed by atoms with Crippen molar-refractivity contribution in [3.63, 3.8) is 0 Å². The zero-order valence-corrected chi connectivity index (χ0v) is 20.6. The lowest BCUT2D eigenvalue weighted by Gasteiger charge is -2.25. The highest BCUT2D eigenvalue weighted by Gasteiger charge is 2.19. The Hall–Kier alpha value is -4.12. The number of aromatic nitrogens is 2. The molecule has 0 radical (unpaired) electrons. The van der Waals surface area contributed by atoms with Crippen molar-refractivity contribution in [3.05, 3.63) is 89.8 Å². The average molecular weight is 503 g/mol. The van der Waals surface area contributed by atoms with Crippen molar-refractivity contribution in [3.8, 4) is 0 Å². The highest BCUT2D eigenvalue weighted by Crippen LogP contribution is 2.19. The van der Waals surface area contributed by atoms with Crippen LogP contribution in [0.5, 0.6) is 0 Å². The summed E-state index contributed by atoms with van der Waals surface area (Å²) < 4.78 is 10.9. The van der Waals surface area contributed by atoms with E-state index >= 15 is 0 Å². The summed E-state index contributed by atoms with van der Waals surface area (Å²) in [5.41, 5.74) is 14.4. The van der Waals surface area contributed by atoms with Crippen molar-refractivity contribution < 1.29 is 18.7 Å². The second kappa shape index (κ2) is 12.2. The number of carbonyl (C=O) groups is 2. The van der Waals surface area contributed by atoms with Gasteiger partial charge in [0.1, 0.15) is 12.1 Å². The fraction of sp³-hybridized carbons (Fsp3) is 0.259. The molecule has 37 heavy (non-hydrogen) atoms. The van der Waals surface area contributed by atoms with Crippen molar-refractivity contribution in [2.45, 2.75) is 19.5 Å². The summed E-state index contributed by atoms with van der Waals surface area (Å²) in [5, 5.41) is 3.74. The monoisotopic (exact) mass is 502 g/mol. The number of nitrogens with two attached hydrogens (primary N) is 2. The van der Waals surface area contributed by atoms with E-state index in [1.54, 1.807) is 30.7 Å². The van der Waals surface area contributed by atoms with Gasteiger partial charge < -0.3 is 25.9 Å². The van der Waals surface area contributed by atoms with Crippen LogP contribution in [-0.4, -0.2) is 53.0 Å². The molecule has 0 aliphatic carbocycles. The smallest absolute Gasteiger partial charge is 0.259 e. The van der Waals surface area contributed by atoms with Crippen molar-refractivity contribution in [1.29, 1.82) is 0 Å². The molecule has 0 saturated carbocycles. The first-order valence-electron chi connectivity index (χ1n) is 11.9. The van der Waals surface area contributed by atoms with Crippen molar-refractivity contribution in [2.75, 3.05) is 31.6 Å². The van der Waals surface area contributed by atoms with Crippen molar-refractivity contribution in [1.82, 2.24) is 14.9 Å². The summed E-state index contributed by atoms with van der Waals surface area (Å²) in [4.78, 5) is 33.6. The van der Waals surface area contributed by atoms with Crippen LogP contribution >= 0.6 is 0 Å². The second-order valence-electron chi connectivity index (χ2n) is 8.64. The summed E-state index contributed by atoms with van der Waals surface area (Å²) in [6.07, 6.45) is 4.60. The number of primary amides is 1. The first-order valence-corrected chi connectivity index (χ1v) is 11.9. The Bertz CT molecular complexity index is 1360. The Labute approximate surface area is 214 Å². The molecule has 5 N–H and O–H groups in total. The quantitative estimate of drug-likeness (QED) is 0.364. The van der Waals surface area contributed by atoms with Gasteiger partial charge in [-0.1, -0.05) is 24.3 Å². The molecular weight excluding hydrogens is 472 g/mol. The number of carbonyl (C=O) groups excluding carboxylic acids is 2. The van der Waals surface area contributed by atoms with Crippen molar-refractivity contribution in [2.24, 2.45) is 11.5 Å². The van der Waals surface area contributed by atoms with Gasteiger partial charge in [-0.05, 0) is 36.8 Å². The van der Waals surface area contributed by atoms with E-state index in [1.165, 1.54) is 6.33 Å². The van der Waals surface area contributed by atoms with Crippen LogP contribution in [0.1, 0.15) is 45.0 Å². The van der Waals surface area contributed by atoms with Gasteiger partial charge in [0.25, 0.3) is 11.8 Å². The molecular formula is C27H30N6O4. The average Bonchev–Trinajstić information content (AvgIpc) is 3.37. The number of nitrogens with one attached hydrogen (secondary N) is 1. The molecule has 192 valence electrons. The van der Waals surface area contributed by atoms with E-state index in [0.717, 1.165) is 29.7 Å². The molecule has 3 heterocycles. The third kappa shape index (κ3) is 6.76. The van der Waals surface area contributed by atoms with Gasteiger partial charge in [0.05, 0.1) is 42.7 Å². The maximum absolute atomic E-state index is 12.6. The standard InChI is InChI=1S/C18H23N3O3.C9H7N3O/c1-13(19)14-3-2-4-15(11-14)20-18(22)16-5-8-24-17(16)12-21-6-9-23-10-7-21;10-9(13)7-3-1-2-6-4-11-5-12-8(6)7/h2-5,8,11,13H,6-7,9-10,12,19H2,1H3,(H,20,22);1-5H,(H2,10,13). The van der Waals surface area contributed by atoms with E-state index in [4.69, 9.17) is 20.6 Å². The molecule has 10 nitrogen and oxygen atoms in total. The maximum Gasteiger partial charge on any atom is 0.259 e. The molecule has 2 amide bonds. The number of nitrogens with zero attached hydrogens (tertiary/aromatic N) is 3. The lowest BCUT2D eigenvalue weighted by molar-refractivity contribution is 0.0312. The molecule has 0 bridgehead atoms. The fourth-order valence-corrected chi connectivity index (χ4v) is 3.94. The number of hydrogen-bond donors (Lipinski definition) is 3. The van der Waals surface area contributed by atoms with Crippen LogP contribution in [0.15, 0.2) is 71.7 Å². The lowest BCUT2D eigenvalue weighted by Crippen LogP contribution is -2.36. The number of furan rings is 1. The minimum Gasteiger partial charge on any atom is -0.467 e. The molecule has 2 aromatic heterocycles. The largest absolute Gasteiger partial charge is 0.467 e. The number of benzene rings is 2. The Morgan fingerprint density at radius 2 is 1.89 bits per heavy atom. The number of anilines is 1. The molecule has 1 fully saturated rings. The summed E-state index contributed by atoms with van der Waals surface area (Å²) in [6.45, 7) is 5.64. The van der Waals surface area contributed by atoms with Crippen LogP contribution in [0.3, 0.4) is 0 Å². The minimum absolute atomic E-state index is 0.0762. The van der Waals surface area contributed by atoms with Gasteiger partial charge in [0.2, 0.25) is 0 Å². The number of ether oxygens (including phenoxy) is 1. The molecule has 4 aromatic rings. The summed E-state index contributed by atoms with van der Waals surface area (Å²) >= 11 is 0. The minimum atomic E-state index is -0.468. The zero-order valence-electron chi connectivity index (χ0n) is 20.6. The normalized spacial score (nSPS) is 14.4. The van der Waals surface area contributed by atoms with E-state index < -0.39 is 5.91 Å².